The van der Waals surface area contributed by atoms with Crippen molar-refractivity contribution in [3.8, 4) is 0 Å². The minimum absolute atomic E-state index is 0.954. The average Bonchev–Trinajstić information content (AvgIpc) is 2.57. The summed E-state index contributed by atoms with van der Waals surface area (Å²) in [6, 6.07) is 0.954. The molecule has 58 valence electrons. The minimum Gasteiger partial charge on any atom is -0.303 e. The first kappa shape index (κ1) is 6.66. The Hall–Kier alpha value is -0.0400. The number of fused-ring (bicyclic) bond motifs is 1. The Kier molecular flexibility index (Phi) is 1.48. The summed E-state index contributed by atoms with van der Waals surface area (Å²) in [5.74, 6) is 2.20. The summed E-state index contributed by atoms with van der Waals surface area (Å²) >= 11 is 0. The van der Waals surface area contributed by atoms with Gasteiger partial charge in [0.25, 0.3) is 0 Å². The van der Waals surface area contributed by atoms with E-state index in [1.54, 1.807) is 0 Å². The molecule has 2 rings (SSSR count). The highest BCUT2D eigenvalue weighted by molar-refractivity contribution is 5.02. The van der Waals surface area contributed by atoms with Crippen molar-refractivity contribution in [3.63, 3.8) is 0 Å². The maximum Gasteiger partial charge on any atom is 0.0124 e. The molecule has 1 aliphatic carbocycles. The molecule has 1 heterocycles. The molecule has 10 heavy (non-hydrogen) atoms. The van der Waals surface area contributed by atoms with Crippen LogP contribution in [0.15, 0.2) is 0 Å². The van der Waals surface area contributed by atoms with Gasteiger partial charge in [0, 0.05) is 12.6 Å². The zero-order valence-electron chi connectivity index (χ0n) is 7.01. The Labute approximate surface area is 63.4 Å². The van der Waals surface area contributed by atoms with Gasteiger partial charge < -0.3 is 4.90 Å². The molecule has 1 saturated carbocycles. The van der Waals surface area contributed by atoms with Gasteiger partial charge in [-0.2, -0.15) is 0 Å². The predicted molar refractivity (Wildman–Crippen MR) is 42.9 cm³/mol. The number of likely N-dealkylation sites (tertiary alicyclic amines) is 1. The summed E-state index contributed by atoms with van der Waals surface area (Å²) in [5, 5.41) is 0. The maximum atomic E-state index is 2.56. The van der Waals surface area contributed by atoms with Crippen LogP contribution in [-0.4, -0.2) is 24.5 Å². The molecule has 1 heteroatoms. The second kappa shape index (κ2) is 2.23. The van der Waals surface area contributed by atoms with E-state index >= 15 is 0 Å². The van der Waals surface area contributed by atoms with Crippen LogP contribution in [-0.2, 0) is 0 Å². The molecular weight excluding hydrogens is 122 g/mol. The molecule has 1 saturated heterocycles. The number of rotatable bonds is 2. The van der Waals surface area contributed by atoms with Crippen molar-refractivity contribution >= 4 is 0 Å². The van der Waals surface area contributed by atoms with Gasteiger partial charge in [-0.3, -0.25) is 0 Å². The van der Waals surface area contributed by atoms with E-state index < -0.39 is 0 Å². The van der Waals surface area contributed by atoms with Crippen molar-refractivity contribution in [2.75, 3.05) is 13.6 Å². The normalized spacial score (nSPS) is 45.6. The Balaban J connectivity index is 1.92. The molecule has 3 unspecified atom stereocenters. The Morgan fingerprint density at radius 1 is 1.50 bits per heavy atom. The van der Waals surface area contributed by atoms with Crippen LogP contribution in [0.1, 0.15) is 26.2 Å². The van der Waals surface area contributed by atoms with Crippen LogP contribution in [0.3, 0.4) is 0 Å². The number of hydrogen-bond donors (Lipinski definition) is 0. The van der Waals surface area contributed by atoms with E-state index in [9.17, 15) is 0 Å². The topological polar surface area (TPSA) is 3.24 Å². The Morgan fingerprint density at radius 3 is 2.80 bits per heavy atom. The molecule has 2 aliphatic rings. The van der Waals surface area contributed by atoms with E-state index in [2.05, 4.69) is 18.9 Å². The molecule has 0 amide bonds. The molecule has 0 aromatic heterocycles. The molecule has 3 atom stereocenters. The fourth-order valence-electron chi connectivity index (χ4n) is 2.51. The van der Waals surface area contributed by atoms with E-state index in [-0.39, 0.29) is 0 Å². The van der Waals surface area contributed by atoms with Crippen molar-refractivity contribution in [2.24, 2.45) is 11.8 Å². The molecule has 0 aromatic carbocycles. The monoisotopic (exact) mass is 139 g/mol. The summed E-state index contributed by atoms with van der Waals surface area (Å²) < 4.78 is 0. The van der Waals surface area contributed by atoms with Crippen LogP contribution >= 0.6 is 0 Å². The van der Waals surface area contributed by atoms with Crippen LogP contribution in [0, 0.1) is 11.8 Å². The van der Waals surface area contributed by atoms with Crippen LogP contribution < -0.4 is 0 Å². The quantitative estimate of drug-likeness (QED) is 0.563. The maximum absolute atomic E-state index is 2.56. The zero-order chi connectivity index (χ0) is 7.14. The summed E-state index contributed by atoms with van der Waals surface area (Å²) in [6.45, 7) is 3.68. The Morgan fingerprint density at radius 2 is 2.30 bits per heavy atom. The number of piperidine rings is 1. The SMILES string of the molecule is CCCC1C2CC2CN1C. The van der Waals surface area contributed by atoms with Gasteiger partial charge in [0.15, 0.2) is 0 Å². The highest BCUT2D eigenvalue weighted by atomic mass is 15.2. The fourth-order valence-corrected chi connectivity index (χ4v) is 2.51. The second-order valence-electron chi connectivity index (χ2n) is 3.96. The molecule has 0 aromatic rings. The lowest BCUT2D eigenvalue weighted by atomic mass is 10.1. The third kappa shape index (κ3) is 0.878. The van der Waals surface area contributed by atoms with Crippen molar-refractivity contribution < 1.29 is 0 Å². The molecule has 1 nitrogen and oxygen atoms in total. The largest absolute Gasteiger partial charge is 0.303 e. The summed E-state index contributed by atoms with van der Waals surface area (Å²) in [5.41, 5.74) is 0. The third-order valence-corrected chi connectivity index (χ3v) is 3.14. The zero-order valence-corrected chi connectivity index (χ0v) is 7.01. The van der Waals surface area contributed by atoms with E-state index in [1.165, 1.54) is 25.8 Å². The first-order valence-corrected chi connectivity index (χ1v) is 4.53. The molecule has 2 fully saturated rings. The average molecular weight is 139 g/mol. The molecule has 0 N–H and O–H groups in total. The van der Waals surface area contributed by atoms with Crippen LogP contribution in [0.25, 0.3) is 0 Å². The lowest BCUT2D eigenvalue weighted by Gasteiger charge is -2.21. The van der Waals surface area contributed by atoms with Crippen molar-refractivity contribution in [2.45, 2.75) is 32.2 Å². The van der Waals surface area contributed by atoms with Gasteiger partial charge >= 0.3 is 0 Å². The molecule has 1 aliphatic heterocycles. The van der Waals surface area contributed by atoms with Gasteiger partial charge in [-0.05, 0) is 31.7 Å². The van der Waals surface area contributed by atoms with Crippen LogP contribution in [0.5, 0.6) is 0 Å². The lowest BCUT2D eigenvalue weighted by Crippen LogP contribution is -2.28. The van der Waals surface area contributed by atoms with Crippen LogP contribution in [0.2, 0.25) is 0 Å². The van der Waals surface area contributed by atoms with Gasteiger partial charge in [-0.1, -0.05) is 13.3 Å². The smallest absolute Gasteiger partial charge is 0.0124 e. The predicted octanol–water partition coefficient (Wildman–Crippen LogP) is 1.74. The van der Waals surface area contributed by atoms with Gasteiger partial charge in [0.2, 0.25) is 0 Å². The highest BCUT2D eigenvalue weighted by Gasteiger charge is 2.50. The Bertz CT molecular complexity index is 131. The van der Waals surface area contributed by atoms with Crippen molar-refractivity contribution in [1.29, 1.82) is 0 Å². The second-order valence-corrected chi connectivity index (χ2v) is 3.96. The molecular formula is C9H17N. The van der Waals surface area contributed by atoms with Gasteiger partial charge in [0.05, 0.1) is 0 Å². The van der Waals surface area contributed by atoms with Gasteiger partial charge in [0.1, 0.15) is 0 Å². The summed E-state index contributed by atoms with van der Waals surface area (Å²) in [6.07, 6.45) is 4.32. The molecule has 0 spiro atoms. The van der Waals surface area contributed by atoms with E-state index in [1.807, 2.05) is 0 Å². The van der Waals surface area contributed by atoms with Gasteiger partial charge in [-0.25, -0.2) is 0 Å². The number of nitrogens with zero attached hydrogens (tertiary/aromatic N) is 1. The first-order valence-electron chi connectivity index (χ1n) is 4.53. The lowest BCUT2D eigenvalue weighted by molar-refractivity contribution is 0.255. The first-order chi connectivity index (χ1) is 4.83. The van der Waals surface area contributed by atoms with Crippen molar-refractivity contribution in [3.05, 3.63) is 0 Å². The summed E-state index contributed by atoms with van der Waals surface area (Å²) in [4.78, 5) is 2.56. The van der Waals surface area contributed by atoms with Crippen LogP contribution in [0.4, 0.5) is 0 Å². The fraction of sp³-hybridized carbons (Fsp3) is 1.00. The van der Waals surface area contributed by atoms with E-state index in [0.717, 1.165) is 17.9 Å². The minimum atomic E-state index is 0.954. The standard InChI is InChI=1S/C9H17N/c1-3-4-9-8-5-7(8)6-10(9)2/h7-9H,3-6H2,1-2H3. The third-order valence-electron chi connectivity index (χ3n) is 3.14. The summed E-state index contributed by atoms with van der Waals surface area (Å²) in [7, 11) is 2.28. The number of hydrogen-bond acceptors (Lipinski definition) is 1. The molecule has 0 radical (unpaired) electrons. The highest BCUT2D eigenvalue weighted by Crippen LogP contribution is 2.49. The molecule has 0 bridgehead atoms. The van der Waals surface area contributed by atoms with Crippen molar-refractivity contribution in [1.82, 2.24) is 4.90 Å². The van der Waals surface area contributed by atoms with E-state index in [4.69, 9.17) is 0 Å². The van der Waals surface area contributed by atoms with E-state index in [0.29, 0.717) is 0 Å². The van der Waals surface area contributed by atoms with Gasteiger partial charge in [-0.15, -0.1) is 0 Å².